The highest BCUT2D eigenvalue weighted by Crippen LogP contribution is 2.22. The van der Waals surface area contributed by atoms with E-state index in [-0.39, 0.29) is 23.5 Å². The predicted octanol–water partition coefficient (Wildman–Crippen LogP) is 1.72. The molecule has 2 N–H and O–H groups in total. The fourth-order valence-electron chi connectivity index (χ4n) is 3.18. The van der Waals surface area contributed by atoms with Crippen LogP contribution in [0.5, 0.6) is 0 Å². The van der Waals surface area contributed by atoms with Gasteiger partial charge in [-0.05, 0) is 30.7 Å². The highest BCUT2D eigenvalue weighted by Gasteiger charge is 2.29. The Labute approximate surface area is 156 Å². The van der Waals surface area contributed by atoms with Crippen LogP contribution in [-0.2, 0) is 20.9 Å². The van der Waals surface area contributed by atoms with E-state index in [1.165, 1.54) is 12.1 Å². The summed E-state index contributed by atoms with van der Waals surface area (Å²) in [5.41, 5.74) is 2.36. The molecule has 0 aliphatic carbocycles. The topological polar surface area (TPSA) is 87.3 Å². The molecule has 0 saturated carbocycles. The maximum atomic E-state index is 13.1. The molecule has 0 radical (unpaired) electrons. The van der Waals surface area contributed by atoms with Gasteiger partial charge in [-0.15, -0.1) is 0 Å². The Balaban J connectivity index is 1.59. The van der Waals surface area contributed by atoms with Crippen molar-refractivity contribution in [2.75, 3.05) is 26.8 Å². The molecule has 1 fully saturated rings. The summed E-state index contributed by atoms with van der Waals surface area (Å²) in [7, 11) is 1.59. The number of H-pyrrole nitrogens is 1. The van der Waals surface area contributed by atoms with E-state index in [4.69, 9.17) is 4.74 Å². The number of benzene rings is 1. The Morgan fingerprint density at radius 2 is 2.19 bits per heavy atom. The summed E-state index contributed by atoms with van der Waals surface area (Å²) in [4.78, 5) is 26.2. The number of methoxy groups -OCH3 is 1. The normalized spacial score (nSPS) is 17.2. The number of halogens is 1. The van der Waals surface area contributed by atoms with Crippen LogP contribution in [0.2, 0.25) is 0 Å². The molecule has 3 rings (SSSR count). The quantitative estimate of drug-likeness (QED) is 0.773. The van der Waals surface area contributed by atoms with Crippen LogP contribution in [-0.4, -0.2) is 53.7 Å². The van der Waals surface area contributed by atoms with E-state index in [1.807, 2.05) is 0 Å². The van der Waals surface area contributed by atoms with E-state index in [0.717, 1.165) is 16.8 Å². The molecular formula is C19H23FN4O3. The molecule has 1 aliphatic heterocycles. The van der Waals surface area contributed by atoms with Gasteiger partial charge in [-0.25, -0.2) is 4.39 Å². The Bertz CT molecular complexity index is 791. The van der Waals surface area contributed by atoms with Crippen LogP contribution in [0.25, 0.3) is 11.3 Å². The van der Waals surface area contributed by atoms with Gasteiger partial charge in [0.1, 0.15) is 5.82 Å². The molecule has 1 aromatic heterocycles. The van der Waals surface area contributed by atoms with Crippen LogP contribution in [0.3, 0.4) is 0 Å². The van der Waals surface area contributed by atoms with Gasteiger partial charge in [-0.1, -0.05) is 0 Å². The highest BCUT2D eigenvalue weighted by molar-refractivity contribution is 5.84. The lowest BCUT2D eigenvalue weighted by molar-refractivity contribution is -0.138. The van der Waals surface area contributed by atoms with Gasteiger partial charge in [-0.3, -0.25) is 14.7 Å². The van der Waals surface area contributed by atoms with Crippen LogP contribution in [0.1, 0.15) is 18.4 Å². The molecule has 144 valence electrons. The van der Waals surface area contributed by atoms with Gasteiger partial charge in [0.2, 0.25) is 11.8 Å². The van der Waals surface area contributed by atoms with Crippen molar-refractivity contribution in [1.82, 2.24) is 20.4 Å². The lowest BCUT2D eigenvalue weighted by Gasteiger charge is -2.31. The lowest BCUT2D eigenvalue weighted by Crippen LogP contribution is -2.46. The van der Waals surface area contributed by atoms with Gasteiger partial charge in [0.15, 0.2) is 0 Å². The van der Waals surface area contributed by atoms with Crippen molar-refractivity contribution in [3.63, 3.8) is 0 Å². The maximum absolute atomic E-state index is 13.1. The zero-order chi connectivity index (χ0) is 19.2. The smallest absolute Gasteiger partial charge is 0.225 e. The average molecular weight is 374 g/mol. The van der Waals surface area contributed by atoms with E-state index in [2.05, 4.69) is 15.5 Å². The summed E-state index contributed by atoms with van der Waals surface area (Å²) >= 11 is 0. The Morgan fingerprint density at radius 3 is 2.93 bits per heavy atom. The number of carbonyl (C=O) groups excluding carboxylic acids is 2. The summed E-state index contributed by atoms with van der Waals surface area (Å²) in [6.07, 6.45) is 2.56. The number of piperidine rings is 1. The highest BCUT2D eigenvalue weighted by atomic mass is 19.1. The molecule has 0 bridgehead atoms. The zero-order valence-electron chi connectivity index (χ0n) is 15.2. The first-order valence-electron chi connectivity index (χ1n) is 8.91. The predicted molar refractivity (Wildman–Crippen MR) is 97.0 cm³/mol. The summed E-state index contributed by atoms with van der Waals surface area (Å²) in [6, 6.07) is 6.08. The zero-order valence-corrected chi connectivity index (χ0v) is 15.2. The van der Waals surface area contributed by atoms with Crippen molar-refractivity contribution in [3.8, 4) is 11.3 Å². The van der Waals surface area contributed by atoms with Crippen molar-refractivity contribution >= 4 is 11.8 Å². The summed E-state index contributed by atoms with van der Waals surface area (Å²) in [5.74, 6) is -0.570. The first-order valence-corrected chi connectivity index (χ1v) is 8.91. The number of amides is 2. The summed E-state index contributed by atoms with van der Waals surface area (Å²) < 4.78 is 18.1. The Hall–Kier alpha value is -2.74. The first-order chi connectivity index (χ1) is 13.1. The van der Waals surface area contributed by atoms with Gasteiger partial charge in [-0.2, -0.15) is 5.10 Å². The summed E-state index contributed by atoms with van der Waals surface area (Å²) in [6.45, 7) is 1.67. The van der Waals surface area contributed by atoms with E-state index in [1.54, 1.807) is 30.3 Å². The molecule has 1 aromatic carbocycles. The number of likely N-dealkylation sites (tertiary alicyclic amines) is 1. The third-order valence-corrected chi connectivity index (χ3v) is 4.74. The van der Waals surface area contributed by atoms with Crippen molar-refractivity contribution in [2.24, 2.45) is 5.92 Å². The number of nitrogens with one attached hydrogen (secondary N) is 2. The number of aromatic nitrogens is 2. The molecule has 0 spiro atoms. The van der Waals surface area contributed by atoms with Crippen LogP contribution in [0.4, 0.5) is 4.39 Å². The van der Waals surface area contributed by atoms with E-state index in [9.17, 15) is 14.0 Å². The number of carbonyl (C=O) groups is 2. The van der Waals surface area contributed by atoms with Gasteiger partial charge >= 0.3 is 0 Å². The number of aromatic amines is 1. The minimum Gasteiger partial charge on any atom is -0.383 e. The molecule has 1 atom stereocenters. The van der Waals surface area contributed by atoms with Crippen LogP contribution < -0.4 is 5.32 Å². The Kier molecular flexibility index (Phi) is 6.18. The molecular weight excluding hydrogens is 351 g/mol. The van der Waals surface area contributed by atoms with Crippen molar-refractivity contribution in [2.45, 2.75) is 19.4 Å². The second kappa shape index (κ2) is 8.77. The molecule has 2 heterocycles. The summed E-state index contributed by atoms with van der Waals surface area (Å²) in [5, 5.41) is 9.85. The standard InChI is InChI=1S/C19H23FN4O3/c1-27-9-8-24-12-14(4-7-17(24)25)19(26)21-10-15-11-22-23-18(15)13-2-5-16(20)6-3-13/h2-3,5-6,11,14H,4,7-10,12H2,1H3,(H,21,26)(H,22,23). The molecule has 2 aromatic rings. The third-order valence-electron chi connectivity index (χ3n) is 4.74. The van der Waals surface area contributed by atoms with E-state index >= 15 is 0 Å². The Morgan fingerprint density at radius 1 is 1.41 bits per heavy atom. The fraction of sp³-hybridized carbons (Fsp3) is 0.421. The number of ether oxygens (including phenoxy) is 1. The average Bonchev–Trinajstić information content (AvgIpc) is 3.14. The van der Waals surface area contributed by atoms with Crippen molar-refractivity contribution < 1.29 is 18.7 Å². The van der Waals surface area contributed by atoms with Gasteiger partial charge < -0.3 is 15.0 Å². The van der Waals surface area contributed by atoms with Crippen LogP contribution >= 0.6 is 0 Å². The molecule has 7 nitrogen and oxygen atoms in total. The van der Waals surface area contributed by atoms with Gasteiger partial charge in [0.05, 0.1) is 24.4 Å². The SMILES string of the molecule is COCCN1CC(C(=O)NCc2cn[nH]c2-c2ccc(F)cc2)CCC1=O. The van der Waals surface area contributed by atoms with E-state index < -0.39 is 0 Å². The minimum atomic E-state index is -0.307. The van der Waals surface area contributed by atoms with Gasteiger partial charge in [0.25, 0.3) is 0 Å². The largest absolute Gasteiger partial charge is 0.383 e. The van der Waals surface area contributed by atoms with Crippen molar-refractivity contribution in [1.29, 1.82) is 0 Å². The third kappa shape index (κ3) is 4.71. The molecule has 2 amide bonds. The van der Waals surface area contributed by atoms with Gasteiger partial charge in [0, 0.05) is 44.3 Å². The van der Waals surface area contributed by atoms with E-state index in [0.29, 0.717) is 39.1 Å². The second-order valence-electron chi connectivity index (χ2n) is 6.56. The molecule has 1 saturated heterocycles. The number of hydrogen-bond donors (Lipinski definition) is 2. The molecule has 8 heteroatoms. The molecule has 27 heavy (non-hydrogen) atoms. The fourth-order valence-corrected chi connectivity index (χ4v) is 3.18. The number of hydrogen-bond acceptors (Lipinski definition) is 4. The minimum absolute atomic E-state index is 0.0598. The monoisotopic (exact) mass is 374 g/mol. The number of rotatable bonds is 7. The van der Waals surface area contributed by atoms with Crippen LogP contribution in [0.15, 0.2) is 30.5 Å². The lowest BCUT2D eigenvalue weighted by atomic mass is 9.96. The second-order valence-corrected chi connectivity index (χ2v) is 6.56. The van der Waals surface area contributed by atoms with Crippen molar-refractivity contribution in [3.05, 3.63) is 41.8 Å². The molecule has 1 aliphatic rings. The number of nitrogens with zero attached hydrogens (tertiary/aromatic N) is 2. The molecule has 1 unspecified atom stereocenters. The maximum Gasteiger partial charge on any atom is 0.225 e. The van der Waals surface area contributed by atoms with Crippen LogP contribution in [0, 0.1) is 11.7 Å². The first kappa shape index (κ1) is 19.0.